The van der Waals surface area contributed by atoms with E-state index < -0.39 is 5.97 Å². The Morgan fingerprint density at radius 3 is 2.84 bits per heavy atom. The van der Waals surface area contributed by atoms with Crippen LogP contribution >= 0.6 is 0 Å². The van der Waals surface area contributed by atoms with Crippen LogP contribution in [0.25, 0.3) is 5.52 Å². The molecule has 0 aliphatic heterocycles. The SMILES string of the molecule is CC(C)(C)c1cc2c(NCCC(=O)O)nccn2n1. The first-order valence-electron chi connectivity index (χ1n) is 6.18. The molecule has 0 fully saturated rings. The number of carboxylic acid groups (broad SMARTS) is 1. The molecule has 0 unspecified atom stereocenters. The zero-order valence-electron chi connectivity index (χ0n) is 11.3. The molecule has 0 amide bonds. The van der Waals surface area contributed by atoms with Crippen LogP contribution in [0, 0.1) is 0 Å². The zero-order chi connectivity index (χ0) is 14.0. The molecule has 0 saturated carbocycles. The van der Waals surface area contributed by atoms with Crippen LogP contribution in [0.4, 0.5) is 5.82 Å². The number of rotatable bonds is 4. The molecule has 6 heteroatoms. The number of fused-ring (bicyclic) bond motifs is 1. The number of nitrogens with one attached hydrogen (secondary N) is 1. The van der Waals surface area contributed by atoms with Gasteiger partial charge >= 0.3 is 5.97 Å². The molecule has 2 rings (SSSR count). The minimum atomic E-state index is -0.830. The van der Waals surface area contributed by atoms with Crippen molar-refractivity contribution in [3.05, 3.63) is 24.2 Å². The van der Waals surface area contributed by atoms with E-state index in [1.54, 1.807) is 16.9 Å². The number of hydrogen-bond acceptors (Lipinski definition) is 4. The largest absolute Gasteiger partial charge is 0.481 e. The van der Waals surface area contributed by atoms with Crippen LogP contribution in [0.15, 0.2) is 18.5 Å². The van der Waals surface area contributed by atoms with Crippen molar-refractivity contribution in [2.45, 2.75) is 32.6 Å². The quantitative estimate of drug-likeness (QED) is 0.880. The summed E-state index contributed by atoms with van der Waals surface area (Å²) in [5.41, 5.74) is 1.80. The maximum absolute atomic E-state index is 10.5. The van der Waals surface area contributed by atoms with Gasteiger partial charge in [-0.1, -0.05) is 20.8 Å². The summed E-state index contributed by atoms with van der Waals surface area (Å²) < 4.78 is 1.76. The molecule has 0 aliphatic carbocycles. The lowest BCUT2D eigenvalue weighted by molar-refractivity contribution is -0.136. The molecule has 102 valence electrons. The zero-order valence-corrected chi connectivity index (χ0v) is 11.3. The van der Waals surface area contributed by atoms with Crippen molar-refractivity contribution in [2.24, 2.45) is 0 Å². The normalized spacial score (nSPS) is 11.7. The number of aliphatic carboxylic acids is 1. The number of anilines is 1. The highest BCUT2D eigenvalue weighted by Gasteiger charge is 2.18. The second-order valence-corrected chi connectivity index (χ2v) is 5.46. The van der Waals surface area contributed by atoms with E-state index in [9.17, 15) is 4.79 Å². The summed E-state index contributed by atoms with van der Waals surface area (Å²) in [5, 5.41) is 16.2. The van der Waals surface area contributed by atoms with E-state index in [1.165, 1.54) is 0 Å². The Hall–Kier alpha value is -2.11. The van der Waals surface area contributed by atoms with Crippen LogP contribution < -0.4 is 5.32 Å². The van der Waals surface area contributed by atoms with Gasteiger partial charge < -0.3 is 10.4 Å². The van der Waals surface area contributed by atoms with E-state index in [1.807, 2.05) is 6.07 Å². The highest BCUT2D eigenvalue weighted by atomic mass is 16.4. The van der Waals surface area contributed by atoms with Gasteiger partial charge in [-0.3, -0.25) is 4.79 Å². The number of hydrogen-bond donors (Lipinski definition) is 2. The van der Waals surface area contributed by atoms with Crippen molar-refractivity contribution in [3.63, 3.8) is 0 Å². The van der Waals surface area contributed by atoms with Crippen molar-refractivity contribution in [2.75, 3.05) is 11.9 Å². The lowest BCUT2D eigenvalue weighted by Crippen LogP contribution is -2.11. The topological polar surface area (TPSA) is 79.5 Å². The third-order valence-corrected chi connectivity index (χ3v) is 2.79. The minimum Gasteiger partial charge on any atom is -0.481 e. The number of carboxylic acids is 1. The van der Waals surface area contributed by atoms with Crippen molar-refractivity contribution in [1.82, 2.24) is 14.6 Å². The van der Waals surface area contributed by atoms with Gasteiger partial charge in [-0.05, 0) is 6.07 Å². The lowest BCUT2D eigenvalue weighted by Gasteiger charge is -2.13. The summed E-state index contributed by atoms with van der Waals surface area (Å²) in [6.07, 6.45) is 3.49. The van der Waals surface area contributed by atoms with Crippen LogP contribution in [0.5, 0.6) is 0 Å². The molecule has 0 atom stereocenters. The van der Waals surface area contributed by atoms with Crippen LogP contribution in [0.1, 0.15) is 32.9 Å². The molecule has 0 spiro atoms. The molecule has 0 aliphatic rings. The maximum atomic E-state index is 10.5. The Labute approximate surface area is 111 Å². The second kappa shape index (κ2) is 4.87. The summed E-state index contributed by atoms with van der Waals surface area (Å²) in [4.78, 5) is 14.7. The van der Waals surface area contributed by atoms with Crippen LogP contribution in [0.2, 0.25) is 0 Å². The first kappa shape index (κ1) is 13.3. The number of aromatic nitrogens is 3. The highest BCUT2D eigenvalue weighted by Crippen LogP contribution is 2.24. The van der Waals surface area contributed by atoms with Crippen molar-refractivity contribution in [1.29, 1.82) is 0 Å². The van der Waals surface area contributed by atoms with Crippen molar-refractivity contribution in [3.8, 4) is 0 Å². The monoisotopic (exact) mass is 262 g/mol. The van der Waals surface area contributed by atoms with Gasteiger partial charge in [0.1, 0.15) is 5.52 Å². The lowest BCUT2D eigenvalue weighted by atomic mass is 9.92. The van der Waals surface area contributed by atoms with Gasteiger partial charge in [0.25, 0.3) is 0 Å². The smallest absolute Gasteiger partial charge is 0.305 e. The van der Waals surface area contributed by atoms with Gasteiger partial charge in [0.2, 0.25) is 0 Å². The molecule has 2 heterocycles. The van der Waals surface area contributed by atoms with E-state index in [4.69, 9.17) is 5.11 Å². The fourth-order valence-corrected chi connectivity index (χ4v) is 1.71. The Morgan fingerprint density at radius 2 is 2.21 bits per heavy atom. The van der Waals surface area contributed by atoms with Gasteiger partial charge in [0.15, 0.2) is 5.82 Å². The van der Waals surface area contributed by atoms with Gasteiger partial charge in [0.05, 0.1) is 12.1 Å². The molecule has 6 nitrogen and oxygen atoms in total. The summed E-state index contributed by atoms with van der Waals surface area (Å²) >= 11 is 0. The molecule has 0 saturated heterocycles. The average Bonchev–Trinajstić information content (AvgIpc) is 2.72. The van der Waals surface area contributed by atoms with Gasteiger partial charge in [-0.25, -0.2) is 9.50 Å². The summed E-state index contributed by atoms with van der Waals surface area (Å²) in [6.45, 7) is 6.64. The van der Waals surface area contributed by atoms with Crippen LogP contribution in [0.3, 0.4) is 0 Å². The third-order valence-electron chi connectivity index (χ3n) is 2.79. The highest BCUT2D eigenvalue weighted by molar-refractivity contribution is 5.70. The Kier molecular flexibility index (Phi) is 3.42. The standard InChI is InChI=1S/C13H18N4O2/c1-13(2,3)10-8-9-12(14-5-4-11(18)19)15-6-7-17(9)16-10/h6-8H,4-5H2,1-3H3,(H,14,15)(H,18,19). The van der Waals surface area contributed by atoms with E-state index in [2.05, 4.69) is 36.2 Å². The van der Waals surface area contributed by atoms with Gasteiger partial charge in [-0.2, -0.15) is 5.10 Å². The average molecular weight is 262 g/mol. The van der Waals surface area contributed by atoms with E-state index in [0.29, 0.717) is 12.4 Å². The molecule has 2 aromatic heterocycles. The van der Waals surface area contributed by atoms with Gasteiger partial charge in [0, 0.05) is 24.4 Å². The molecule has 0 aromatic carbocycles. The van der Waals surface area contributed by atoms with Crippen molar-refractivity contribution >= 4 is 17.3 Å². The second-order valence-electron chi connectivity index (χ2n) is 5.46. The van der Waals surface area contributed by atoms with Crippen LogP contribution in [-0.2, 0) is 10.2 Å². The molecule has 2 N–H and O–H groups in total. The summed E-state index contributed by atoms with van der Waals surface area (Å²) in [7, 11) is 0. The van der Waals surface area contributed by atoms with E-state index in [-0.39, 0.29) is 11.8 Å². The molecule has 2 aromatic rings. The third kappa shape index (κ3) is 3.01. The summed E-state index contributed by atoms with van der Waals surface area (Å²) in [6, 6.07) is 1.98. The van der Waals surface area contributed by atoms with E-state index >= 15 is 0 Å². The summed E-state index contributed by atoms with van der Waals surface area (Å²) in [5.74, 6) is -0.171. The molecule has 19 heavy (non-hydrogen) atoms. The predicted molar refractivity (Wildman–Crippen MR) is 72.4 cm³/mol. The number of carbonyl (C=O) groups is 1. The first-order valence-corrected chi connectivity index (χ1v) is 6.18. The fraction of sp³-hybridized carbons (Fsp3) is 0.462. The fourth-order valence-electron chi connectivity index (χ4n) is 1.71. The number of nitrogens with zero attached hydrogens (tertiary/aromatic N) is 3. The molecular formula is C13H18N4O2. The van der Waals surface area contributed by atoms with Crippen molar-refractivity contribution < 1.29 is 9.90 Å². The van der Waals surface area contributed by atoms with E-state index in [0.717, 1.165) is 11.2 Å². The van der Waals surface area contributed by atoms with Gasteiger partial charge in [-0.15, -0.1) is 0 Å². The Bertz CT molecular complexity index is 598. The predicted octanol–water partition coefficient (Wildman–Crippen LogP) is 1.91. The maximum Gasteiger partial charge on any atom is 0.305 e. The Balaban J connectivity index is 2.29. The molecule has 0 bridgehead atoms. The minimum absolute atomic E-state index is 0.0373. The van der Waals surface area contributed by atoms with Crippen LogP contribution in [-0.4, -0.2) is 32.2 Å². The Morgan fingerprint density at radius 1 is 1.47 bits per heavy atom. The first-order chi connectivity index (χ1) is 8.88. The molecule has 0 radical (unpaired) electrons. The molecular weight excluding hydrogens is 244 g/mol.